The summed E-state index contributed by atoms with van der Waals surface area (Å²) in [6.07, 6.45) is 3.22. The van der Waals surface area contributed by atoms with E-state index in [1.54, 1.807) is 16.8 Å². The summed E-state index contributed by atoms with van der Waals surface area (Å²) >= 11 is 0. The Kier molecular flexibility index (Phi) is 3.35. The van der Waals surface area contributed by atoms with Gasteiger partial charge in [0.15, 0.2) is 0 Å². The van der Waals surface area contributed by atoms with Crippen LogP contribution in [-0.4, -0.2) is 16.6 Å². The minimum Gasteiger partial charge on any atom is -0.459 e. The Morgan fingerprint density at radius 2 is 2.20 bits per heavy atom. The fourth-order valence-corrected chi connectivity index (χ4v) is 2.22. The van der Waals surface area contributed by atoms with E-state index >= 15 is 0 Å². The molecule has 1 aromatic carbocycles. The molecule has 0 amide bonds. The molecule has 0 aliphatic rings. The molecule has 0 bridgehead atoms. The highest BCUT2D eigenvalue weighted by Gasteiger charge is 2.15. The molecular formula is C15H15N3O2. The summed E-state index contributed by atoms with van der Waals surface area (Å²) in [5, 5.41) is 4.23. The third-order valence-corrected chi connectivity index (χ3v) is 3.30. The van der Waals surface area contributed by atoms with Gasteiger partial charge >= 0.3 is 5.69 Å². The Morgan fingerprint density at radius 3 is 2.95 bits per heavy atom. The van der Waals surface area contributed by atoms with Crippen molar-refractivity contribution in [3.63, 3.8) is 0 Å². The van der Waals surface area contributed by atoms with Gasteiger partial charge in [0.25, 0.3) is 0 Å². The molecule has 3 aromatic rings. The van der Waals surface area contributed by atoms with Crippen LogP contribution in [0.25, 0.3) is 11.0 Å². The molecule has 5 heteroatoms. The Balaban J connectivity index is 1.93. The monoisotopic (exact) mass is 269 g/mol. The van der Waals surface area contributed by atoms with E-state index in [9.17, 15) is 4.79 Å². The average molecular weight is 269 g/mol. The van der Waals surface area contributed by atoms with E-state index < -0.39 is 0 Å². The smallest absolute Gasteiger partial charge is 0.347 e. The predicted octanol–water partition coefficient (Wildman–Crippen LogP) is 1.95. The maximum Gasteiger partial charge on any atom is 0.347 e. The molecule has 20 heavy (non-hydrogen) atoms. The van der Waals surface area contributed by atoms with E-state index in [4.69, 9.17) is 4.42 Å². The molecule has 3 rings (SSSR count). The van der Waals surface area contributed by atoms with Gasteiger partial charge in [0.05, 0.1) is 6.04 Å². The van der Waals surface area contributed by atoms with Crippen molar-refractivity contribution in [2.75, 3.05) is 7.05 Å². The van der Waals surface area contributed by atoms with Gasteiger partial charge in [0.2, 0.25) is 0 Å². The van der Waals surface area contributed by atoms with Gasteiger partial charge in [-0.2, -0.15) is 0 Å². The van der Waals surface area contributed by atoms with E-state index in [2.05, 4.69) is 10.3 Å². The average Bonchev–Trinajstić information content (AvgIpc) is 2.90. The molecule has 1 unspecified atom stereocenters. The fraction of sp³-hybridized carbons (Fsp3) is 0.200. The number of furan rings is 1. The summed E-state index contributed by atoms with van der Waals surface area (Å²) in [4.78, 5) is 15.4. The number of nitrogens with zero attached hydrogens (tertiary/aromatic N) is 2. The van der Waals surface area contributed by atoms with E-state index in [1.807, 2.05) is 37.4 Å². The highest BCUT2D eigenvalue weighted by Crippen LogP contribution is 2.24. The van der Waals surface area contributed by atoms with Crippen molar-refractivity contribution in [2.45, 2.75) is 12.6 Å². The van der Waals surface area contributed by atoms with Crippen molar-refractivity contribution in [2.24, 2.45) is 0 Å². The summed E-state index contributed by atoms with van der Waals surface area (Å²) in [5.41, 5.74) is 0.588. The zero-order chi connectivity index (χ0) is 13.9. The number of fused-ring (bicyclic) bond motifs is 1. The SMILES string of the molecule is CNC(Cn1cccnc1=O)c1cc2ccccc2o1. The van der Waals surface area contributed by atoms with Gasteiger partial charge < -0.3 is 9.73 Å². The number of nitrogens with one attached hydrogen (secondary N) is 1. The van der Waals surface area contributed by atoms with Crippen molar-refractivity contribution in [3.05, 3.63) is 65.0 Å². The maximum atomic E-state index is 11.7. The largest absolute Gasteiger partial charge is 0.459 e. The zero-order valence-corrected chi connectivity index (χ0v) is 11.1. The number of para-hydroxylation sites is 1. The number of likely N-dealkylation sites (N-methyl/N-ethyl adjacent to an activating group) is 1. The first-order valence-electron chi connectivity index (χ1n) is 6.45. The minimum absolute atomic E-state index is 0.0794. The second kappa shape index (κ2) is 5.30. The van der Waals surface area contributed by atoms with Gasteiger partial charge in [0.1, 0.15) is 11.3 Å². The Labute approximate surface area is 115 Å². The molecule has 0 saturated heterocycles. The molecule has 1 N–H and O–H groups in total. The molecule has 0 fully saturated rings. The normalized spacial score (nSPS) is 12.7. The lowest BCUT2D eigenvalue weighted by molar-refractivity contribution is 0.403. The van der Waals surface area contributed by atoms with Gasteiger partial charge in [-0.15, -0.1) is 0 Å². The first-order chi connectivity index (χ1) is 9.78. The fourth-order valence-electron chi connectivity index (χ4n) is 2.22. The molecule has 2 heterocycles. The molecule has 0 spiro atoms. The van der Waals surface area contributed by atoms with Gasteiger partial charge in [-0.05, 0) is 25.2 Å². The molecule has 5 nitrogen and oxygen atoms in total. The maximum absolute atomic E-state index is 11.7. The van der Waals surface area contributed by atoms with Crippen molar-refractivity contribution >= 4 is 11.0 Å². The molecule has 0 aliphatic heterocycles. The van der Waals surface area contributed by atoms with Crippen LogP contribution < -0.4 is 11.0 Å². The van der Waals surface area contributed by atoms with Crippen LogP contribution in [-0.2, 0) is 6.54 Å². The van der Waals surface area contributed by atoms with E-state index in [1.165, 1.54) is 6.20 Å². The van der Waals surface area contributed by atoms with Crippen LogP contribution in [0, 0.1) is 0 Å². The van der Waals surface area contributed by atoms with Crippen molar-refractivity contribution < 1.29 is 4.42 Å². The first kappa shape index (κ1) is 12.6. The van der Waals surface area contributed by atoms with Crippen LogP contribution in [0.4, 0.5) is 0 Å². The number of aromatic nitrogens is 2. The van der Waals surface area contributed by atoms with Crippen LogP contribution in [0.1, 0.15) is 11.8 Å². The summed E-state index contributed by atoms with van der Waals surface area (Å²) in [7, 11) is 1.85. The second-order valence-corrected chi connectivity index (χ2v) is 4.58. The Hall–Kier alpha value is -2.40. The zero-order valence-electron chi connectivity index (χ0n) is 11.1. The third-order valence-electron chi connectivity index (χ3n) is 3.30. The van der Waals surface area contributed by atoms with Crippen LogP contribution in [0.15, 0.2) is 58.0 Å². The van der Waals surface area contributed by atoms with Crippen molar-refractivity contribution in [1.82, 2.24) is 14.9 Å². The Bertz CT molecular complexity index is 743. The topological polar surface area (TPSA) is 60.1 Å². The summed E-state index contributed by atoms with van der Waals surface area (Å²) in [5.74, 6) is 0.810. The first-order valence-corrected chi connectivity index (χ1v) is 6.45. The van der Waals surface area contributed by atoms with Crippen LogP contribution in [0.2, 0.25) is 0 Å². The third kappa shape index (κ3) is 2.35. The number of benzene rings is 1. The molecular weight excluding hydrogens is 254 g/mol. The molecule has 1 atom stereocenters. The molecule has 0 radical (unpaired) electrons. The minimum atomic E-state index is -0.260. The van der Waals surface area contributed by atoms with Crippen LogP contribution >= 0.6 is 0 Å². The lowest BCUT2D eigenvalue weighted by Gasteiger charge is -2.14. The predicted molar refractivity (Wildman–Crippen MR) is 76.5 cm³/mol. The summed E-state index contributed by atoms with van der Waals surface area (Å²) in [6.45, 7) is 0.475. The van der Waals surface area contributed by atoms with Gasteiger partial charge in [-0.25, -0.2) is 9.78 Å². The number of hydrogen-bond acceptors (Lipinski definition) is 4. The molecule has 102 valence electrons. The van der Waals surface area contributed by atoms with Crippen LogP contribution in [0.5, 0.6) is 0 Å². The van der Waals surface area contributed by atoms with Gasteiger partial charge in [-0.3, -0.25) is 4.57 Å². The number of rotatable bonds is 4. The molecule has 0 aliphatic carbocycles. The van der Waals surface area contributed by atoms with Crippen molar-refractivity contribution in [1.29, 1.82) is 0 Å². The highest BCUT2D eigenvalue weighted by molar-refractivity contribution is 5.77. The standard InChI is InChI=1S/C15H15N3O2/c1-16-12(10-18-8-4-7-17-15(18)19)14-9-11-5-2-3-6-13(11)20-14/h2-9,12,16H,10H2,1H3. The lowest BCUT2D eigenvalue weighted by Crippen LogP contribution is -2.29. The molecule has 0 saturated carbocycles. The number of hydrogen-bond donors (Lipinski definition) is 1. The van der Waals surface area contributed by atoms with E-state index in [0.717, 1.165) is 16.7 Å². The second-order valence-electron chi connectivity index (χ2n) is 4.58. The van der Waals surface area contributed by atoms with Crippen LogP contribution in [0.3, 0.4) is 0 Å². The Morgan fingerprint density at radius 1 is 1.35 bits per heavy atom. The molecule has 2 aromatic heterocycles. The van der Waals surface area contributed by atoms with Crippen molar-refractivity contribution in [3.8, 4) is 0 Å². The lowest BCUT2D eigenvalue weighted by atomic mass is 10.2. The van der Waals surface area contributed by atoms with Gasteiger partial charge in [-0.1, -0.05) is 18.2 Å². The van der Waals surface area contributed by atoms with E-state index in [0.29, 0.717) is 6.54 Å². The van der Waals surface area contributed by atoms with E-state index in [-0.39, 0.29) is 11.7 Å². The summed E-state index contributed by atoms with van der Waals surface area (Å²) in [6, 6.07) is 11.5. The highest BCUT2D eigenvalue weighted by atomic mass is 16.3. The van der Waals surface area contributed by atoms with Gasteiger partial charge in [0, 0.05) is 24.3 Å². The quantitative estimate of drug-likeness (QED) is 0.786. The summed E-state index contributed by atoms with van der Waals surface area (Å²) < 4.78 is 7.40.